The molecule has 2 heterocycles. The number of nitrogens with two attached hydrogens (primary N) is 1. The Balaban J connectivity index is 1.60. The molecule has 2 aliphatic rings. The van der Waals surface area contributed by atoms with Crippen LogP contribution in [0.3, 0.4) is 0 Å². The molecule has 0 spiro atoms. The number of aromatic nitrogens is 1. The van der Waals surface area contributed by atoms with E-state index in [0.717, 1.165) is 55.5 Å². The van der Waals surface area contributed by atoms with Crippen molar-refractivity contribution in [3.8, 4) is 11.3 Å². The molecule has 1 aromatic heterocycles. The predicted molar refractivity (Wildman–Crippen MR) is 102 cm³/mol. The Bertz CT molecular complexity index is 888. The van der Waals surface area contributed by atoms with Crippen LogP contribution in [0.25, 0.3) is 11.3 Å². The van der Waals surface area contributed by atoms with Crippen molar-refractivity contribution in [1.82, 2.24) is 10.3 Å². The van der Waals surface area contributed by atoms with Crippen LogP contribution >= 0.6 is 0 Å². The third-order valence-corrected chi connectivity index (χ3v) is 5.23. The van der Waals surface area contributed by atoms with Crippen LogP contribution < -0.4 is 11.1 Å². The van der Waals surface area contributed by atoms with Crippen molar-refractivity contribution in [3.63, 3.8) is 0 Å². The first-order valence-corrected chi connectivity index (χ1v) is 9.44. The number of benzene rings is 1. The van der Waals surface area contributed by atoms with Gasteiger partial charge in [0.05, 0.1) is 17.4 Å². The number of fused-ring (bicyclic) bond motifs is 1. The first-order valence-electron chi connectivity index (χ1n) is 9.44. The van der Waals surface area contributed by atoms with Crippen LogP contribution in [0.15, 0.2) is 30.3 Å². The second kappa shape index (κ2) is 7.48. The van der Waals surface area contributed by atoms with Gasteiger partial charge >= 0.3 is 0 Å². The molecular formula is C21H23N3O3. The minimum atomic E-state index is -0.500. The second-order valence-corrected chi connectivity index (χ2v) is 7.13. The number of hydrogen-bond acceptors (Lipinski definition) is 4. The summed E-state index contributed by atoms with van der Waals surface area (Å²) >= 11 is 0. The van der Waals surface area contributed by atoms with Crippen LogP contribution in [-0.4, -0.2) is 36.1 Å². The maximum absolute atomic E-state index is 12.5. The number of carbonyl (C=O) groups is 2. The van der Waals surface area contributed by atoms with Gasteiger partial charge in [0.15, 0.2) is 0 Å². The topological polar surface area (TPSA) is 94.3 Å². The number of pyridine rings is 1. The summed E-state index contributed by atoms with van der Waals surface area (Å²) in [7, 11) is 0. The zero-order chi connectivity index (χ0) is 18.8. The van der Waals surface area contributed by atoms with E-state index in [4.69, 9.17) is 15.5 Å². The largest absolute Gasteiger partial charge is 0.376 e. The van der Waals surface area contributed by atoms with Gasteiger partial charge in [-0.15, -0.1) is 0 Å². The Labute approximate surface area is 158 Å². The molecule has 2 aromatic rings. The fraction of sp³-hybridized carbons (Fsp3) is 0.381. The van der Waals surface area contributed by atoms with Crippen LogP contribution in [0, 0.1) is 0 Å². The van der Waals surface area contributed by atoms with Gasteiger partial charge in [0.1, 0.15) is 0 Å². The minimum Gasteiger partial charge on any atom is -0.376 e. The Morgan fingerprint density at radius 2 is 2.11 bits per heavy atom. The molecule has 0 saturated carbocycles. The molecule has 1 fully saturated rings. The molecule has 2 amide bonds. The van der Waals surface area contributed by atoms with E-state index in [1.54, 1.807) is 18.2 Å². The summed E-state index contributed by atoms with van der Waals surface area (Å²) in [5.41, 5.74) is 9.92. The molecule has 1 aliphatic heterocycles. The van der Waals surface area contributed by atoms with E-state index in [-0.39, 0.29) is 12.0 Å². The van der Waals surface area contributed by atoms with Crippen LogP contribution in [0.1, 0.15) is 51.2 Å². The summed E-state index contributed by atoms with van der Waals surface area (Å²) in [6.45, 7) is 1.27. The van der Waals surface area contributed by atoms with Crippen LogP contribution in [0.4, 0.5) is 0 Å². The number of amides is 2. The number of aryl methyl sites for hydroxylation is 2. The molecule has 6 heteroatoms. The average molecular weight is 365 g/mol. The van der Waals surface area contributed by atoms with Gasteiger partial charge in [0, 0.05) is 30.0 Å². The second-order valence-electron chi connectivity index (χ2n) is 7.13. The van der Waals surface area contributed by atoms with Gasteiger partial charge in [0.25, 0.3) is 11.8 Å². The lowest BCUT2D eigenvalue weighted by Crippen LogP contribution is -2.31. The molecule has 27 heavy (non-hydrogen) atoms. The van der Waals surface area contributed by atoms with Crippen LogP contribution in [0.2, 0.25) is 0 Å². The zero-order valence-corrected chi connectivity index (χ0v) is 15.2. The lowest BCUT2D eigenvalue weighted by Gasteiger charge is -2.13. The number of nitrogens with zero attached hydrogens (tertiary/aromatic N) is 1. The Kier molecular flexibility index (Phi) is 4.90. The van der Waals surface area contributed by atoms with Crippen molar-refractivity contribution in [3.05, 3.63) is 52.7 Å². The molecule has 1 aromatic carbocycles. The van der Waals surface area contributed by atoms with Crippen molar-refractivity contribution >= 4 is 11.8 Å². The highest BCUT2D eigenvalue weighted by atomic mass is 16.5. The first kappa shape index (κ1) is 17.7. The van der Waals surface area contributed by atoms with E-state index < -0.39 is 5.91 Å². The maximum atomic E-state index is 12.5. The predicted octanol–water partition coefficient (Wildman–Crippen LogP) is 2.25. The van der Waals surface area contributed by atoms with Crippen LogP contribution in [-0.2, 0) is 17.6 Å². The lowest BCUT2D eigenvalue weighted by molar-refractivity contribution is 0.0857. The van der Waals surface area contributed by atoms with Gasteiger partial charge in [-0.1, -0.05) is 12.1 Å². The van der Waals surface area contributed by atoms with E-state index in [2.05, 4.69) is 5.32 Å². The molecule has 1 aliphatic carbocycles. The van der Waals surface area contributed by atoms with Crippen molar-refractivity contribution in [2.45, 2.75) is 38.2 Å². The highest BCUT2D eigenvalue weighted by Gasteiger charge is 2.21. The van der Waals surface area contributed by atoms with E-state index in [9.17, 15) is 9.59 Å². The van der Waals surface area contributed by atoms with Crippen LogP contribution in [0.5, 0.6) is 0 Å². The highest BCUT2D eigenvalue weighted by molar-refractivity contribution is 6.00. The van der Waals surface area contributed by atoms with E-state index in [1.165, 1.54) is 0 Å². The molecule has 140 valence electrons. The third kappa shape index (κ3) is 3.71. The Morgan fingerprint density at radius 3 is 2.89 bits per heavy atom. The molecule has 0 bridgehead atoms. The first-order chi connectivity index (χ1) is 13.1. The third-order valence-electron chi connectivity index (χ3n) is 5.23. The molecular weight excluding hydrogens is 342 g/mol. The minimum absolute atomic E-state index is 0.0944. The summed E-state index contributed by atoms with van der Waals surface area (Å²) in [6.07, 6.45) is 4.97. The SMILES string of the molecule is NC(=O)c1cc2c(nc1-c1cccc(C(=O)NC[C@H]3CCCO3)c1)CCC2. The molecule has 4 rings (SSSR count). The van der Waals surface area contributed by atoms with Gasteiger partial charge in [0.2, 0.25) is 0 Å². The van der Waals surface area contributed by atoms with Gasteiger partial charge in [-0.2, -0.15) is 0 Å². The lowest BCUT2D eigenvalue weighted by atomic mass is 10.0. The number of hydrogen-bond donors (Lipinski definition) is 2. The zero-order valence-electron chi connectivity index (χ0n) is 15.2. The summed E-state index contributed by atoms with van der Waals surface area (Å²) in [4.78, 5) is 29.2. The fourth-order valence-corrected chi connectivity index (χ4v) is 3.80. The quantitative estimate of drug-likeness (QED) is 0.850. The maximum Gasteiger partial charge on any atom is 0.251 e. The number of ether oxygens (including phenoxy) is 1. The van der Waals surface area contributed by atoms with E-state index in [0.29, 0.717) is 23.4 Å². The van der Waals surface area contributed by atoms with Crippen molar-refractivity contribution in [2.24, 2.45) is 5.73 Å². The normalized spacial score (nSPS) is 18.3. The Morgan fingerprint density at radius 1 is 1.22 bits per heavy atom. The van der Waals surface area contributed by atoms with E-state index in [1.807, 2.05) is 12.1 Å². The molecule has 1 saturated heterocycles. The van der Waals surface area contributed by atoms with Crippen molar-refractivity contribution < 1.29 is 14.3 Å². The molecule has 3 N–H and O–H groups in total. The molecule has 1 atom stereocenters. The monoisotopic (exact) mass is 365 g/mol. The fourth-order valence-electron chi connectivity index (χ4n) is 3.80. The summed E-state index contributed by atoms with van der Waals surface area (Å²) in [6, 6.07) is 9.03. The van der Waals surface area contributed by atoms with Gasteiger partial charge in [-0.05, 0) is 55.9 Å². The van der Waals surface area contributed by atoms with Gasteiger partial charge in [-0.25, -0.2) is 0 Å². The summed E-state index contributed by atoms with van der Waals surface area (Å²) < 4.78 is 5.54. The highest BCUT2D eigenvalue weighted by Crippen LogP contribution is 2.29. The summed E-state index contributed by atoms with van der Waals surface area (Å²) in [5.74, 6) is -0.658. The summed E-state index contributed by atoms with van der Waals surface area (Å²) in [5, 5.41) is 2.92. The van der Waals surface area contributed by atoms with Crippen molar-refractivity contribution in [2.75, 3.05) is 13.2 Å². The number of primary amides is 1. The van der Waals surface area contributed by atoms with Crippen molar-refractivity contribution in [1.29, 1.82) is 0 Å². The number of carbonyl (C=O) groups excluding carboxylic acids is 2. The average Bonchev–Trinajstić information content (AvgIpc) is 3.36. The number of nitrogens with one attached hydrogen (secondary N) is 1. The molecule has 0 unspecified atom stereocenters. The standard InChI is InChI=1S/C21H23N3O3/c22-20(25)17-11-13-4-2-8-18(13)24-19(17)14-5-1-6-15(10-14)21(26)23-12-16-7-3-9-27-16/h1,5-6,10-11,16H,2-4,7-9,12H2,(H2,22,25)(H,23,26)/t16-/m1/s1. The smallest absolute Gasteiger partial charge is 0.251 e. The molecule has 0 radical (unpaired) electrons. The van der Waals surface area contributed by atoms with E-state index >= 15 is 0 Å². The molecule has 6 nitrogen and oxygen atoms in total. The van der Waals surface area contributed by atoms with Gasteiger partial charge < -0.3 is 15.8 Å². The number of rotatable bonds is 5. The Hall–Kier alpha value is -2.73. The van der Waals surface area contributed by atoms with Gasteiger partial charge in [-0.3, -0.25) is 14.6 Å².